The van der Waals surface area contributed by atoms with Crippen LogP contribution in [0, 0.1) is 5.41 Å². The zero-order valence-corrected chi connectivity index (χ0v) is 11.2. The molecule has 0 spiro atoms. The average Bonchev–Trinajstić information content (AvgIpc) is 2.15. The topological polar surface area (TPSA) is 35.5 Å². The summed E-state index contributed by atoms with van der Waals surface area (Å²) in [6, 6.07) is 0. The molecule has 0 aromatic carbocycles. The highest BCUT2D eigenvalue weighted by molar-refractivity contribution is 5.70. The number of ether oxygens (including phenoxy) is 2. The van der Waals surface area contributed by atoms with Gasteiger partial charge in [-0.25, -0.2) is 4.79 Å². The quantitative estimate of drug-likeness (QED) is 0.474. The number of hydrogen-bond donors (Lipinski definition) is 0. The molecule has 0 aliphatic carbocycles. The molecule has 16 heavy (non-hydrogen) atoms. The number of unbranched alkanes of at least 4 members (excludes halogenated alkanes) is 3. The summed E-state index contributed by atoms with van der Waals surface area (Å²) in [7, 11) is 0. The summed E-state index contributed by atoms with van der Waals surface area (Å²) in [5.74, 6) is -0.249. The van der Waals surface area contributed by atoms with E-state index in [2.05, 4.69) is 27.7 Å². The van der Waals surface area contributed by atoms with Crippen LogP contribution in [-0.2, 0) is 14.3 Å². The van der Waals surface area contributed by atoms with Gasteiger partial charge in [0.1, 0.15) is 6.61 Å². The minimum absolute atomic E-state index is 0.0745. The Hall–Kier alpha value is -0.570. The number of carbonyl (C=O) groups excluding carboxylic acids is 1. The molecule has 0 aromatic rings. The number of hydrogen-bond acceptors (Lipinski definition) is 3. The molecule has 96 valence electrons. The summed E-state index contributed by atoms with van der Waals surface area (Å²) in [5, 5.41) is 0. The summed E-state index contributed by atoms with van der Waals surface area (Å²) in [6.45, 7) is 9.56. The second-order valence-corrected chi connectivity index (χ2v) is 5.33. The molecule has 0 unspecified atom stereocenters. The Morgan fingerprint density at radius 1 is 1.12 bits per heavy atom. The molecule has 3 heteroatoms. The third-order valence-corrected chi connectivity index (χ3v) is 2.02. The lowest BCUT2D eigenvalue weighted by Crippen LogP contribution is -2.20. The van der Waals surface area contributed by atoms with Gasteiger partial charge >= 0.3 is 5.97 Å². The number of rotatable bonds is 8. The summed E-state index contributed by atoms with van der Waals surface area (Å²) in [4.78, 5) is 11.2. The molecule has 0 aromatic heterocycles. The molecule has 3 nitrogen and oxygen atoms in total. The molecule has 0 amide bonds. The lowest BCUT2D eigenvalue weighted by Gasteiger charge is -2.17. The smallest absolute Gasteiger partial charge is 0.332 e. The minimum atomic E-state index is -0.249. The van der Waals surface area contributed by atoms with Gasteiger partial charge in [-0.05, 0) is 11.8 Å². The van der Waals surface area contributed by atoms with E-state index in [-0.39, 0.29) is 18.0 Å². The normalized spacial score (nSPS) is 11.5. The maximum atomic E-state index is 11.2. The molecule has 0 fully saturated rings. The maximum Gasteiger partial charge on any atom is 0.332 e. The molecule has 0 heterocycles. The van der Waals surface area contributed by atoms with Crippen molar-refractivity contribution in [1.29, 1.82) is 0 Å². The minimum Gasteiger partial charge on any atom is -0.464 e. The summed E-state index contributed by atoms with van der Waals surface area (Å²) < 4.78 is 10.3. The van der Waals surface area contributed by atoms with E-state index in [1.165, 1.54) is 12.8 Å². The van der Waals surface area contributed by atoms with Gasteiger partial charge in [0, 0.05) is 0 Å². The highest BCUT2D eigenvalue weighted by Gasteiger charge is 2.11. The van der Waals surface area contributed by atoms with Gasteiger partial charge in [-0.1, -0.05) is 47.0 Å². The first-order valence-corrected chi connectivity index (χ1v) is 6.19. The van der Waals surface area contributed by atoms with Crippen LogP contribution in [0.2, 0.25) is 0 Å². The highest BCUT2D eigenvalue weighted by atomic mass is 16.6. The molecule has 0 radical (unpaired) electrons. The fraction of sp³-hybridized carbons (Fsp3) is 0.923. The Morgan fingerprint density at radius 2 is 1.81 bits per heavy atom. The van der Waals surface area contributed by atoms with Crippen molar-refractivity contribution >= 4 is 5.97 Å². The van der Waals surface area contributed by atoms with Crippen molar-refractivity contribution < 1.29 is 14.3 Å². The molecule has 0 N–H and O–H groups in total. The molecule has 0 saturated carbocycles. The van der Waals surface area contributed by atoms with Crippen molar-refractivity contribution in [2.45, 2.75) is 53.4 Å². The Kier molecular flexibility index (Phi) is 8.26. The summed E-state index contributed by atoms with van der Waals surface area (Å²) in [5.41, 5.74) is 0.0986. The van der Waals surface area contributed by atoms with Crippen LogP contribution < -0.4 is 0 Å². The van der Waals surface area contributed by atoms with Crippen LogP contribution in [-0.4, -0.2) is 25.8 Å². The third-order valence-electron chi connectivity index (χ3n) is 2.02. The molecular formula is C13H26O3. The zero-order chi connectivity index (χ0) is 12.4. The van der Waals surface area contributed by atoms with E-state index in [1.54, 1.807) is 0 Å². The second kappa shape index (κ2) is 8.57. The van der Waals surface area contributed by atoms with Gasteiger partial charge in [0.25, 0.3) is 0 Å². The van der Waals surface area contributed by atoms with Gasteiger partial charge in [-0.2, -0.15) is 0 Å². The first kappa shape index (κ1) is 15.4. The highest BCUT2D eigenvalue weighted by Crippen LogP contribution is 2.12. The monoisotopic (exact) mass is 230 g/mol. The van der Waals surface area contributed by atoms with E-state index in [1.807, 2.05) is 0 Å². The van der Waals surface area contributed by atoms with E-state index in [0.717, 1.165) is 12.8 Å². The van der Waals surface area contributed by atoms with Crippen LogP contribution in [0.4, 0.5) is 0 Å². The van der Waals surface area contributed by atoms with E-state index in [9.17, 15) is 4.79 Å². The van der Waals surface area contributed by atoms with Crippen molar-refractivity contribution in [3.05, 3.63) is 0 Å². The Morgan fingerprint density at radius 3 is 2.38 bits per heavy atom. The van der Waals surface area contributed by atoms with Gasteiger partial charge in [0.15, 0.2) is 0 Å². The first-order chi connectivity index (χ1) is 7.45. The summed E-state index contributed by atoms with van der Waals surface area (Å²) in [6.07, 6.45) is 4.49. The molecule has 0 rings (SSSR count). The van der Waals surface area contributed by atoms with Crippen molar-refractivity contribution in [3.63, 3.8) is 0 Å². The maximum absolute atomic E-state index is 11.2. The fourth-order valence-corrected chi connectivity index (χ4v) is 1.20. The van der Waals surface area contributed by atoms with Crippen molar-refractivity contribution in [3.8, 4) is 0 Å². The number of carbonyl (C=O) groups is 1. The first-order valence-electron chi connectivity index (χ1n) is 6.19. The van der Waals surface area contributed by atoms with E-state index in [4.69, 9.17) is 9.47 Å². The SMILES string of the molecule is CCCCCCOC(=O)COCC(C)(C)C. The van der Waals surface area contributed by atoms with E-state index in [0.29, 0.717) is 13.2 Å². The Balaban J connectivity index is 3.32. The Bertz CT molecular complexity index is 182. The predicted molar refractivity (Wildman–Crippen MR) is 65.4 cm³/mol. The van der Waals surface area contributed by atoms with E-state index >= 15 is 0 Å². The molecule has 0 bridgehead atoms. The van der Waals surface area contributed by atoms with Crippen molar-refractivity contribution in [2.24, 2.45) is 5.41 Å². The van der Waals surface area contributed by atoms with Crippen LogP contribution in [0.15, 0.2) is 0 Å². The van der Waals surface area contributed by atoms with Gasteiger partial charge in [-0.15, -0.1) is 0 Å². The summed E-state index contributed by atoms with van der Waals surface area (Å²) >= 11 is 0. The van der Waals surface area contributed by atoms with Gasteiger partial charge in [0.05, 0.1) is 13.2 Å². The molecule has 0 aliphatic rings. The van der Waals surface area contributed by atoms with E-state index < -0.39 is 0 Å². The average molecular weight is 230 g/mol. The standard InChI is InChI=1S/C13H26O3/c1-5-6-7-8-9-16-12(14)10-15-11-13(2,3)4/h5-11H2,1-4H3. The van der Waals surface area contributed by atoms with Gasteiger partial charge in [-0.3, -0.25) is 0 Å². The van der Waals surface area contributed by atoms with Crippen LogP contribution in [0.3, 0.4) is 0 Å². The molecule has 0 saturated heterocycles. The molecular weight excluding hydrogens is 204 g/mol. The van der Waals surface area contributed by atoms with Crippen molar-refractivity contribution in [2.75, 3.05) is 19.8 Å². The predicted octanol–water partition coefficient (Wildman–Crippen LogP) is 3.17. The Labute approximate surface area is 99.5 Å². The van der Waals surface area contributed by atoms with Crippen LogP contribution in [0.1, 0.15) is 53.4 Å². The lowest BCUT2D eigenvalue weighted by molar-refractivity contribution is -0.150. The van der Waals surface area contributed by atoms with Crippen LogP contribution in [0.5, 0.6) is 0 Å². The van der Waals surface area contributed by atoms with Crippen molar-refractivity contribution in [1.82, 2.24) is 0 Å². The fourth-order valence-electron chi connectivity index (χ4n) is 1.20. The third kappa shape index (κ3) is 11.5. The largest absolute Gasteiger partial charge is 0.464 e. The molecule has 0 atom stereocenters. The van der Waals surface area contributed by atoms with Crippen LogP contribution >= 0.6 is 0 Å². The van der Waals surface area contributed by atoms with Gasteiger partial charge < -0.3 is 9.47 Å². The second-order valence-electron chi connectivity index (χ2n) is 5.33. The lowest BCUT2D eigenvalue weighted by atomic mass is 9.99. The molecule has 0 aliphatic heterocycles. The zero-order valence-electron chi connectivity index (χ0n) is 11.2. The van der Waals surface area contributed by atoms with Crippen LogP contribution in [0.25, 0.3) is 0 Å². The number of esters is 1. The van der Waals surface area contributed by atoms with Gasteiger partial charge in [0.2, 0.25) is 0 Å².